The van der Waals surface area contributed by atoms with Crippen LogP contribution in [0, 0.1) is 4.84 Å². The van der Waals surface area contributed by atoms with Crippen LogP contribution in [0.1, 0.15) is 12.8 Å². The topological polar surface area (TPSA) is 55.6 Å². The summed E-state index contributed by atoms with van der Waals surface area (Å²) in [5.74, 6) is 0.472. The fourth-order valence-electron chi connectivity index (χ4n) is 2.62. The third kappa shape index (κ3) is 3.52. The molecule has 2 N–H and O–H groups in total. The Morgan fingerprint density at radius 3 is 3.14 bits per heavy atom. The molecule has 2 heterocycles. The molecule has 0 spiro atoms. The van der Waals surface area contributed by atoms with Gasteiger partial charge in [-0.05, 0) is 43.3 Å². The molecule has 21 heavy (non-hydrogen) atoms. The second kappa shape index (κ2) is 6.27. The van der Waals surface area contributed by atoms with E-state index >= 15 is 0 Å². The number of hydrogen-bond donors (Lipinski definition) is 2. The van der Waals surface area contributed by atoms with E-state index in [0.717, 1.165) is 31.5 Å². The Bertz CT molecular complexity index is 685. The van der Waals surface area contributed by atoms with E-state index in [1.165, 1.54) is 4.90 Å². The predicted molar refractivity (Wildman–Crippen MR) is 81.7 cm³/mol. The average molecular weight is 327 g/mol. The van der Waals surface area contributed by atoms with Gasteiger partial charge in [0.25, 0.3) is 4.84 Å². The van der Waals surface area contributed by atoms with Crippen molar-refractivity contribution >= 4 is 23.8 Å². The van der Waals surface area contributed by atoms with Crippen LogP contribution in [0.3, 0.4) is 0 Å². The molecule has 1 saturated heterocycles. The molecular formula is C14H17ClN3O2S+. The highest BCUT2D eigenvalue weighted by Crippen LogP contribution is 2.21. The van der Waals surface area contributed by atoms with E-state index < -0.39 is 0 Å². The summed E-state index contributed by atoms with van der Waals surface area (Å²) in [6.45, 7) is 2.35. The Hall–Kier alpha value is -1.21. The van der Waals surface area contributed by atoms with Crippen molar-refractivity contribution in [2.24, 2.45) is 0 Å². The van der Waals surface area contributed by atoms with Gasteiger partial charge in [0.05, 0.1) is 6.54 Å². The Kier molecular flexibility index (Phi) is 4.40. The summed E-state index contributed by atoms with van der Waals surface area (Å²) < 4.78 is 7.24. The third-order valence-corrected chi connectivity index (χ3v) is 4.17. The molecule has 1 unspecified atom stereocenters. The summed E-state index contributed by atoms with van der Waals surface area (Å²) in [5.41, 5.74) is 0.807. The van der Waals surface area contributed by atoms with Gasteiger partial charge in [0.2, 0.25) is 5.89 Å². The molecule has 0 saturated carbocycles. The molecule has 1 aliphatic rings. The second-order valence-corrected chi connectivity index (χ2v) is 6.13. The predicted octanol–water partition coefficient (Wildman–Crippen LogP) is 1.52. The highest BCUT2D eigenvalue weighted by molar-refractivity contribution is 7.71. The maximum absolute atomic E-state index is 9.73. The quantitative estimate of drug-likeness (QED) is 0.840. The maximum Gasteiger partial charge on any atom is 0.292 e. The van der Waals surface area contributed by atoms with Crippen molar-refractivity contribution in [2.75, 3.05) is 13.1 Å². The standard InChI is InChI=1S/C14H16ClN3O2S/c15-11-4-1-3-10(7-11)13-16-18(14(21)20-13)9-17-6-2-5-12(19)8-17/h1,3-4,7,12,19H,2,5-6,8-9H2/p+1/t12-/m1/s1. The molecule has 5 nitrogen and oxygen atoms in total. The molecular weight excluding hydrogens is 310 g/mol. The summed E-state index contributed by atoms with van der Waals surface area (Å²) >= 11 is 11.2. The lowest BCUT2D eigenvalue weighted by Crippen LogP contribution is -3.13. The van der Waals surface area contributed by atoms with Crippen molar-refractivity contribution in [3.05, 3.63) is 34.1 Å². The lowest BCUT2D eigenvalue weighted by Gasteiger charge is -2.26. The van der Waals surface area contributed by atoms with Crippen molar-refractivity contribution in [1.29, 1.82) is 0 Å². The van der Waals surface area contributed by atoms with E-state index in [1.807, 2.05) is 12.1 Å². The molecule has 1 aromatic heterocycles. The molecule has 0 radical (unpaired) electrons. The van der Waals surface area contributed by atoms with E-state index in [2.05, 4.69) is 5.10 Å². The van der Waals surface area contributed by atoms with Crippen LogP contribution in [0.15, 0.2) is 28.7 Å². The largest absolute Gasteiger partial charge is 0.409 e. The van der Waals surface area contributed by atoms with Crippen molar-refractivity contribution in [1.82, 2.24) is 9.78 Å². The van der Waals surface area contributed by atoms with Crippen LogP contribution in [0.4, 0.5) is 0 Å². The molecule has 7 heteroatoms. The zero-order valence-corrected chi connectivity index (χ0v) is 13.0. The molecule has 1 fully saturated rings. The van der Waals surface area contributed by atoms with Crippen LogP contribution in [0.2, 0.25) is 5.02 Å². The van der Waals surface area contributed by atoms with Gasteiger partial charge in [0.1, 0.15) is 12.6 Å². The fourth-order valence-corrected chi connectivity index (χ4v) is 3.00. The van der Waals surface area contributed by atoms with Gasteiger partial charge in [0.15, 0.2) is 6.67 Å². The first-order chi connectivity index (χ1) is 10.1. The number of piperidine rings is 1. The summed E-state index contributed by atoms with van der Waals surface area (Å²) in [6, 6.07) is 7.33. The number of likely N-dealkylation sites (tertiary alicyclic amines) is 1. The number of halogens is 1. The van der Waals surface area contributed by atoms with E-state index in [9.17, 15) is 5.11 Å². The first-order valence-corrected chi connectivity index (χ1v) is 7.76. The van der Waals surface area contributed by atoms with E-state index in [4.69, 9.17) is 28.2 Å². The molecule has 1 aromatic carbocycles. The normalized spacial score (nSPS) is 22.4. The lowest BCUT2D eigenvalue weighted by atomic mass is 10.1. The lowest BCUT2D eigenvalue weighted by molar-refractivity contribution is -0.931. The van der Waals surface area contributed by atoms with Gasteiger partial charge >= 0.3 is 0 Å². The van der Waals surface area contributed by atoms with Gasteiger partial charge in [0, 0.05) is 10.6 Å². The summed E-state index contributed by atoms with van der Waals surface area (Å²) in [6.07, 6.45) is 1.66. The van der Waals surface area contributed by atoms with Gasteiger partial charge in [-0.25, -0.2) is 0 Å². The number of aliphatic hydroxyl groups is 1. The van der Waals surface area contributed by atoms with Gasteiger partial charge in [-0.2, -0.15) is 4.68 Å². The summed E-state index contributed by atoms with van der Waals surface area (Å²) in [5, 5.41) is 14.8. The zero-order valence-electron chi connectivity index (χ0n) is 11.5. The highest BCUT2D eigenvalue weighted by Gasteiger charge is 2.22. The SMILES string of the molecule is O[C@@H]1CCC[NH+](Cn2nc(-c3cccc(Cl)c3)oc2=S)C1. The number of quaternary nitrogens is 1. The van der Waals surface area contributed by atoms with Crippen molar-refractivity contribution in [3.8, 4) is 11.5 Å². The highest BCUT2D eigenvalue weighted by atomic mass is 35.5. The second-order valence-electron chi connectivity index (χ2n) is 5.34. The number of aliphatic hydroxyl groups excluding tert-OH is 1. The molecule has 0 bridgehead atoms. The third-order valence-electron chi connectivity index (χ3n) is 3.64. The van der Waals surface area contributed by atoms with E-state index in [-0.39, 0.29) is 6.10 Å². The van der Waals surface area contributed by atoms with E-state index in [0.29, 0.717) is 22.4 Å². The van der Waals surface area contributed by atoms with E-state index in [1.54, 1.807) is 16.8 Å². The number of rotatable bonds is 3. The monoisotopic (exact) mass is 326 g/mol. The van der Waals surface area contributed by atoms with Gasteiger partial charge in [-0.15, -0.1) is 5.10 Å². The van der Waals surface area contributed by atoms with Gasteiger partial charge in [-0.3, -0.25) is 0 Å². The molecule has 112 valence electrons. The summed E-state index contributed by atoms with van der Waals surface area (Å²) in [7, 11) is 0. The van der Waals surface area contributed by atoms with Crippen LogP contribution in [-0.4, -0.2) is 34.1 Å². The summed E-state index contributed by atoms with van der Waals surface area (Å²) in [4.78, 5) is 1.60. The Morgan fingerprint density at radius 1 is 1.52 bits per heavy atom. The number of hydrogen-bond acceptors (Lipinski definition) is 4. The minimum Gasteiger partial charge on any atom is -0.409 e. The molecule has 2 atom stereocenters. The maximum atomic E-state index is 9.73. The molecule has 0 aliphatic carbocycles. The molecule has 0 amide bonds. The van der Waals surface area contributed by atoms with Crippen LogP contribution in [0.5, 0.6) is 0 Å². The fraction of sp³-hybridized carbons (Fsp3) is 0.429. The number of benzene rings is 1. The average Bonchev–Trinajstić information content (AvgIpc) is 2.80. The van der Waals surface area contributed by atoms with Crippen molar-refractivity contribution in [3.63, 3.8) is 0 Å². The zero-order chi connectivity index (χ0) is 14.8. The first-order valence-electron chi connectivity index (χ1n) is 6.97. The minimum atomic E-state index is -0.234. The van der Waals surface area contributed by atoms with Gasteiger partial charge in [-0.1, -0.05) is 17.7 Å². The number of nitrogens with one attached hydrogen (secondary N) is 1. The van der Waals surface area contributed by atoms with Crippen molar-refractivity contribution < 1.29 is 14.4 Å². The molecule has 3 rings (SSSR count). The molecule has 2 aromatic rings. The number of nitrogens with zero attached hydrogens (tertiary/aromatic N) is 2. The minimum absolute atomic E-state index is 0.234. The van der Waals surface area contributed by atoms with Crippen LogP contribution >= 0.6 is 23.8 Å². The van der Waals surface area contributed by atoms with Crippen LogP contribution in [-0.2, 0) is 6.67 Å². The Morgan fingerprint density at radius 2 is 2.38 bits per heavy atom. The van der Waals surface area contributed by atoms with Crippen LogP contribution < -0.4 is 4.90 Å². The van der Waals surface area contributed by atoms with Crippen LogP contribution in [0.25, 0.3) is 11.5 Å². The van der Waals surface area contributed by atoms with Gasteiger partial charge < -0.3 is 14.4 Å². The number of aromatic nitrogens is 2. The van der Waals surface area contributed by atoms with Crippen molar-refractivity contribution in [2.45, 2.75) is 25.6 Å². The Labute approximate surface area is 132 Å². The Balaban J connectivity index is 1.80. The smallest absolute Gasteiger partial charge is 0.292 e. The first kappa shape index (κ1) is 14.7. The molecule has 1 aliphatic heterocycles.